The molecule has 0 aliphatic heterocycles. The first-order valence-corrected chi connectivity index (χ1v) is 7.43. The Hall–Kier alpha value is -1.38. The van der Waals surface area contributed by atoms with Gasteiger partial charge in [-0.1, -0.05) is 46.3 Å². The lowest BCUT2D eigenvalue weighted by Gasteiger charge is -2.01. The largest absolute Gasteiger partial charge is 0.135 e. The van der Waals surface area contributed by atoms with Crippen LogP contribution in [0.3, 0.4) is 0 Å². The summed E-state index contributed by atoms with van der Waals surface area (Å²) in [7, 11) is 0. The zero-order chi connectivity index (χ0) is 12.1. The van der Waals surface area contributed by atoms with Crippen LogP contribution in [0.5, 0.6) is 0 Å². The average molecular weight is 313 g/mol. The van der Waals surface area contributed by atoms with Gasteiger partial charge >= 0.3 is 0 Å². The molecule has 0 amide bonds. The first-order valence-electron chi connectivity index (χ1n) is 5.82. The molecule has 0 fully saturated rings. The van der Waals surface area contributed by atoms with Crippen LogP contribution in [0.4, 0.5) is 0 Å². The Balaban J connectivity index is 2.32. The molecule has 4 rings (SSSR count). The molecule has 3 aromatic carbocycles. The number of benzene rings is 3. The highest BCUT2D eigenvalue weighted by molar-refractivity contribution is 9.10. The standard InChI is InChI=1S/C16H9BrS/c17-11-6-7-12-10(9-11)5-8-15-16(12)13-3-1-2-4-14(13)18-15/h1-9H. The molecule has 0 aliphatic carbocycles. The minimum absolute atomic E-state index is 1.13. The molecule has 0 radical (unpaired) electrons. The summed E-state index contributed by atoms with van der Waals surface area (Å²) in [6.07, 6.45) is 0. The summed E-state index contributed by atoms with van der Waals surface area (Å²) in [6, 6.07) is 19.6. The molecule has 0 aliphatic rings. The van der Waals surface area contributed by atoms with Crippen molar-refractivity contribution in [2.24, 2.45) is 0 Å². The number of rotatable bonds is 0. The summed E-state index contributed by atoms with van der Waals surface area (Å²) in [5, 5.41) is 5.39. The molecule has 0 unspecified atom stereocenters. The van der Waals surface area contributed by atoms with Gasteiger partial charge in [0, 0.05) is 24.6 Å². The van der Waals surface area contributed by atoms with Crippen molar-refractivity contribution in [2.75, 3.05) is 0 Å². The molecule has 0 nitrogen and oxygen atoms in total. The summed E-state index contributed by atoms with van der Waals surface area (Å²) in [5.41, 5.74) is 0. The third kappa shape index (κ3) is 1.43. The lowest BCUT2D eigenvalue weighted by Crippen LogP contribution is -1.74. The van der Waals surface area contributed by atoms with E-state index in [-0.39, 0.29) is 0 Å². The smallest absolute Gasteiger partial charge is 0.0361 e. The Morgan fingerprint density at radius 3 is 2.61 bits per heavy atom. The molecular formula is C16H9BrS. The van der Waals surface area contributed by atoms with Gasteiger partial charge in [0.1, 0.15) is 0 Å². The van der Waals surface area contributed by atoms with E-state index in [9.17, 15) is 0 Å². The summed E-state index contributed by atoms with van der Waals surface area (Å²) in [5.74, 6) is 0. The Bertz CT molecular complexity index is 889. The van der Waals surface area contributed by atoms with Crippen LogP contribution in [0.15, 0.2) is 59.1 Å². The minimum Gasteiger partial charge on any atom is -0.135 e. The van der Waals surface area contributed by atoms with Crippen molar-refractivity contribution in [3.8, 4) is 0 Å². The molecule has 0 bridgehead atoms. The molecule has 86 valence electrons. The zero-order valence-corrected chi connectivity index (χ0v) is 11.9. The first kappa shape index (κ1) is 10.5. The number of hydrogen-bond acceptors (Lipinski definition) is 1. The molecule has 0 saturated carbocycles. The molecule has 0 spiro atoms. The van der Waals surface area contributed by atoms with E-state index in [1.54, 1.807) is 0 Å². The molecule has 1 heterocycles. The van der Waals surface area contributed by atoms with Crippen molar-refractivity contribution >= 4 is 58.2 Å². The third-order valence-corrected chi connectivity index (χ3v) is 4.95. The fourth-order valence-corrected chi connectivity index (χ4v) is 4.02. The normalized spacial score (nSPS) is 11.6. The number of hydrogen-bond donors (Lipinski definition) is 0. The SMILES string of the molecule is Brc1ccc2c(ccc3sc4ccccc4c32)c1. The second-order valence-corrected chi connectivity index (χ2v) is 6.40. The van der Waals surface area contributed by atoms with Gasteiger partial charge in [-0.2, -0.15) is 0 Å². The second-order valence-electron chi connectivity index (χ2n) is 4.40. The maximum absolute atomic E-state index is 3.54. The quantitative estimate of drug-likeness (QED) is 0.375. The van der Waals surface area contributed by atoms with Gasteiger partial charge in [0.2, 0.25) is 0 Å². The summed E-state index contributed by atoms with van der Waals surface area (Å²) < 4.78 is 3.86. The summed E-state index contributed by atoms with van der Waals surface area (Å²) in [6.45, 7) is 0. The van der Waals surface area contributed by atoms with Crippen LogP contribution < -0.4 is 0 Å². The van der Waals surface area contributed by atoms with Gasteiger partial charge in [0.05, 0.1) is 0 Å². The van der Waals surface area contributed by atoms with Crippen LogP contribution in [-0.4, -0.2) is 0 Å². The predicted molar refractivity (Wildman–Crippen MR) is 84.5 cm³/mol. The average Bonchev–Trinajstić information content (AvgIpc) is 2.77. The Morgan fingerprint density at radius 2 is 1.67 bits per heavy atom. The highest BCUT2D eigenvalue weighted by Crippen LogP contribution is 2.38. The van der Waals surface area contributed by atoms with Crippen molar-refractivity contribution in [2.45, 2.75) is 0 Å². The maximum Gasteiger partial charge on any atom is 0.0361 e. The monoisotopic (exact) mass is 312 g/mol. The minimum atomic E-state index is 1.13. The van der Waals surface area contributed by atoms with Crippen LogP contribution in [0.1, 0.15) is 0 Å². The third-order valence-electron chi connectivity index (χ3n) is 3.32. The Morgan fingerprint density at radius 1 is 0.778 bits per heavy atom. The van der Waals surface area contributed by atoms with Crippen molar-refractivity contribution in [1.82, 2.24) is 0 Å². The maximum atomic E-state index is 3.54. The molecule has 4 aromatic rings. The lowest BCUT2D eigenvalue weighted by atomic mass is 10.0. The number of thiophene rings is 1. The van der Waals surface area contributed by atoms with Gasteiger partial charge in [0.15, 0.2) is 0 Å². The van der Waals surface area contributed by atoms with E-state index in [1.807, 2.05) is 11.3 Å². The second kappa shape index (κ2) is 3.81. The fourth-order valence-electron chi connectivity index (χ4n) is 2.52. The number of halogens is 1. The molecule has 18 heavy (non-hydrogen) atoms. The fraction of sp³-hybridized carbons (Fsp3) is 0. The van der Waals surface area contributed by atoms with E-state index in [4.69, 9.17) is 0 Å². The molecule has 1 aromatic heterocycles. The van der Waals surface area contributed by atoms with E-state index in [2.05, 4.69) is 70.5 Å². The molecule has 0 atom stereocenters. The van der Waals surface area contributed by atoms with Gasteiger partial charge < -0.3 is 0 Å². The van der Waals surface area contributed by atoms with Crippen LogP contribution in [0.2, 0.25) is 0 Å². The van der Waals surface area contributed by atoms with Crippen molar-refractivity contribution < 1.29 is 0 Å². The molecular weight excluding hydrogens is 304 g/mol. The zero-order valence-electron chi connectivity index (χ0n) is 9.48. The molecule has 0 N–H and O–H groups in total. The lowest BCUT2D eigenvalue weighted by molar-refractivity contribution is 1.74. The van der Waals surface area contributed by atoms with Crippen LogP contribution in [0.25, 0.3) is 30.9 Å². The van der Waals surface area contributed by atoms with E-state index in [1.165, 1.54) is 30.9 Å². The van der Waals surface area contributed by atoms with Crippen LogP contribution in [-0.2, 0) is 0 Å². The topological polar surface area (TPSA) is 0 Å². The van der Waals surface area contributed by atoms with E-state index >= 15 is 0 Å². The number of fused-ring (bicyclic) bond motifs is 5. The predicted octanol–water partition coefficient (Wildman–Crippen LogP) is 5.97. The van der Waals surface area contributed by atoms with E-state index < -0.39 is 0 Å². The van der Waals surface area contributed by atoms with Crippen molar-refractivity contribution in [3.05, 3.63) is 59.1 Å². The van der Waals surface area contributed by atoms with Crippen molar-refractivity contribution in [3.63, 3.8) is 0 Å². The van der Waals surface area contributed by atoms with Gasteiger partial charge in [-0.3, -0.25) is 0 Å². The Labute approximate surface area is 117 Å². The highest BCUT2D eigenvalue weighted by atomic mass is 79.9. The van der Waals surface area contributed by atoms with Gasteiger partial charge in [-0.25, -0.2) is 0 Å². The van der Waals surface area contributed by atoms with Crippen molar-refractivity contribution in [1.29, 1.82) is 0 Å². The molecule has 2 heteroatoms. The van der Waals surface area contributed by atoms with E-state index in [0.717, 1.165) is 4.47 Å². The van der Waals surface area contributed by atoms with Gasteiger partial charge in [0.25, 0.3) is 0 Å². The highest BCUT2D eigenvalue weighted by Gasteiger charge is 2.07. The summed E-state index contributed by atoms with van der Waals surface area (Å²) in [4.78, 5) is 0. The van der Waals surface area contributed by atoms with Crippen LogP contribution in [0, 0.1) is 0 Å². The van der Waals surface area contributed by atoms with Crippen LogP contribution >= 0.6 is 27.3 Å². The summed E-state index contributed by atoms with van der Waals surface area (Å²) >= 11 is 5.41. The Kier molecular flexibility index (Phi) is 2.23. The van der Waals surface area contributed by atoms with E-state index in [0.29, 0.717) is 0 Å². The van der Waals surface area contributed by atoms with Gasteiger partial charge in [-0.15, -0.1) is 11.3 Å². The molecule has 0 saturated heterocycles. The van der Waals surface area contributed by atoms with Gasteiger partial charge in [-0.05, 0) is 35.0 Å². The first-order chi connectivity index (χ1) is 8.83.